The summed E-state index contributed by atoms with van der Waals surface area (Å²) in [6.07, 6.45) is 8.61. The highest BCUT2D eigenvalue weighted by Crippen LogP contribution is 2.13. The van der Waals surface area contributed by atoms with Crippen molar-refractivity contribution in [3.8, 4) is 12.3 Å². The topological polar surface area (TPSA) is 78.4 Å². The lowest BCUT2D eigenvalue weighted by atomic mass is 9.94. The van der Waals surface area contributed by atoms with Crippen molar-refractivity contribution in [1.29, 1.82) is 0 Å². The highest BCUT2D eigenvalue weighted by atomic mass is 16.4. The molecule has 0 bridgehead atoms. The Morgan fingerprint density at radius 1 is 1.29 bits per heavy atom. The summed E-state index contributed by atoms with van der Waals surface area (Å²) < 4.78 is 0. The van der Waals surface area contributed by atoms with E-state index in [9.17, 15) is 9.59 Å². The number of amides is 1. The van der Waals surface area contributed by atoms with Gasteiger partial charge < -0.3 is 15.7 Å². The van der Waals surface area contributed by atoms with Gasteiger partial charge in [-0.3, -0.25) is 9.59 Å². The Balaban J connectivity index is 3.90. The molecule has 0 saturated heterocycles. The van der Waals surface area contributed by atoms with E-state index in [0.29, 0.717) is 31.7 Å². The van der Waals surface area contributed by atoms with E-state index in [1.165, 1.54) is 0 Å². The SMILES string of the molecule is C#CC(CC)(CC)NC(=O)CNCCC(C)CCC(=O)O. The fraction of sp³-hybridized carbons (Fsp3) is 0.750. The number of nitrogens with one attached hydrogen (secondary N) is 2. The fourth-order valence-corrected chi connectivity index (χ4v) is 2.04. The van der Waals surface area contributed by atoms with Gasteiger partial charge in [-0.2, -0.15) is 0 Å². The molecule has 0 aliphatic rings. The second-order valence-corrected chi connectivity index (χ2v) is 5.48. The lowest BCUT2D eigenvalue weighted by Gasteiger charge is -2.27. The molecule has 0 aromatic heterocycles. The summed E-state index contributed by atoms with van der Waals surface area (Å²) in [4.78, 5) is 22.3. The zero-order valence-electron chi connectivity index (χ0n) is 13.4. The van der Waals surface area contributed by atoms with Crippen molar-refractivity contribution in [2.24, 2.45) is 5.92 Å². The molecule has 0 aromatic rings. The molecule has 1 amide bonds. The summed E-state index contributed by atoms with van der Waals surface area (Å²) in [7, 11) is 0. The van der Waals surface area contributed by atoms with Gasteiger partial charge in [0.15, 0.2) is 0 Å². The van der Waals surface area contributed by atoms with Crippen molar-refractivity contribution in [1.82, 2.24) is 10.6 Å². The van der Waals surface area contributed by atoms with E-state index < -0.39 is 11.5 Å². The second kappa shape index (κ2) is 10.2. The van der Waals surface area contributed by atoms with Gasteiger partial charge in [-0.05, 0) is 38.1 Å². The zero-order valence-corrected chi connectivity index (χ0v) is 13.4. The summed E-state index contributed by atoms with van der Waals surface area (Å²) in [5, 5.41) is 14.6. The van der Waals surface area contributed by atoms with Crippen LogP contribution < -0.4 is 10.6 Å². The zero-order chi connectivity index (χ0) is 16.3. The highest BCUT2D eigenvalue weighted by Gasteiger charge is 2.24. The van der Waals surface area contributed by atoms with Gasteiger partial charge in [-0.1, -0.05) is 26.7 Å². The Morgan fingerprint density at radius 3 is 2.38 bits per heavy atom. The predicted molar refractivity (Wildman–Crippen MR) is 83.8 cm³/mol. The number of carbonyl (C=O) groups is 2. The van der Waals surface area contributed by atoms with E-state index in [-0.39, 0.29) is 18.9 Å². The maximum atomic E-state index is 11.8. The molecule has 5 nitrogen and oxygen atoms in total. The molecule has 0 heterocycles. The molecule has 0 aliphatic carbocycles. The maximum absolute atomic E-state index is 11.8. The van der Waals surface area contributed by atoms with Gasteiger partial charge >= 0.3 is 5.97 Å². The molecule has 0 aromatic carbocycles. The van der Waals surface area contributed by atoms with Crippen LogP contribution in [-0.4, -0.2) is 35.6 Å². The first-order valence-corrected chi connectivity index (χ1v) is 7.60. The third-order valence-electron chi connectivity index (χ3n) is 3.81. The Morgan fingerprint density at radius 2 is 1.90 bits per heavy atom. The molecule has 1 unspecified atom stereocenters. The summed E-state index contributed by atoms with van der Waals surface area (Å²) in [6.45, 7) is 6.86. The smallest absolute Gasteiger partial charge is 0.303 e. The molecule has 120 valence electrons. The van der Waals surface area contributed by atoms with E-state index in [2.05, 4.69) is 16.6 Å². The third-order valence-corrected chi connectivity index (χ3v) is 3.81. The number of aliphatic carboxylic acids is 1. The molecule has 5 heteroatoms. The molecule has 21 heavy (non-hydrogen) atoms. The largest absolute Gasteiger partial charge is 0.481 e. The molecule has 1 atom stereocenters. The highest BCUT2D eigenvalue weighted by molar-refractivity contribution is 5.79. The van der Waals surface area contributed by atoms with Crippen molar-refractivity contribution in [3.63, 3.8) is 0 Å². The van der Waals surface area contributed by atoms with Crippen molar-refractivity contribution in [3.05, 3.63) is 0 Å². The Hall–Kier alpha value is -1.54. The van der Waals surface area contributed by atoms with Gasteiger partial charge in [0.05, 0.1) is 6.54 Å². The summed E-state index contributed by atoms with van der Waals surface area (Å²) in [6, 6.07) is 0. The van der Waals surface area contributed by atoms with Crippen LogP contribution in [0.5, 0.6) is 0 Å². The van der Waals surface area contributed by atoms with Gasteiger partial charge in [0.25, 0.3) is 0 Å². The van der Waals surface area contributed by atoms with Crippen molar-refractivity contribution < 1.29 is 14.7 Å². The number of terminal acetylenes is 1. The van der Waals surface area contributed by atoms with Crippen LogP contribution in [0.25, 0.3) is 0 Å². The fourth-order valence-electron chi connectivity index (χ4n) is 2.04. The van der Waals surface area contributed by atoms with E-state index in [1.807, 2.05) is 20.8 Å². The molecule has 0 fully saturated rings. The van der Waals surface area contributed by atoms with E-state index in [4.69, 9.17) is 11.5 Å². The number of hydrogen-bond acceptors (Lipinski definition) is 3. The Labute approximate surface area is 127 Å². The Kier molecular flexibility index (Phi) is 9.48. The standard InChI is InChI=1S/C16H28N2O3/c1-5-16(6-2,7-3)18-14(19)12-17-11-10-13(4)8-9-15(20)21/h1,13,17H,6-12H2,2-4H3,(H,18,19)(H,20,21). The van der Waals surface area contributed by atoms with Crippen LogP contribution in [0.4, 0.5) is 0 Å². The minimum absolute atomic E-state index is 0.102. The maximum Gasteiger partial charge on any atom is 0.303 e. The molecule has 3 N–H and O–H groups in total. The van der Waals surface area contributed by atoms with E-state index in [0.717, 1.165) is 6.42 Å². The van der Waals surface area contributed by atoms with Crippen LogP contribution in [0.3, 0.4) is 0 Å². The van der Waals surface area contributed by atoms with Crippen LogP contribution in [0, 0.1) is 18.3 Å². The quantitative estimate of drug-likeness (QED) is 0.401. The summed E-state index contributed by atoms with van der Waals surface area (Å²) >= 11 is 0. The van der Waals surface area contributed by atoms with Crippen LogP contribution in [-0.2, 0) is 9.59 Å². The first-order chi connectivity index (χ1) is 9.89. The van der Waals surface area contributed by atoms with Crippen LogP contribution in [0.15, 0.2) is 0 Å². The second-order valence-electron chi connectivity index (χ2n) is 5.48. The van der Waals surface area contributed by atoms with Gasteiger partial charge in [0.2, 0.25) is 5.91 Å². The predicted octanol–water partition coefficient (Wildman–Crippen LogP) is 1.78. The lowest BCUT2D eigenvalue weighted by Crippen LogP contribution is -2.49. The van der Waals surface area contributed by atoms with Gasteiger partial charge in [0.1, 0.15) is 5.54 Å². The summed E-state index contributed by atoms with van der Waals surface area (Å²) in [5.41, 5.74) is -0.548. The molecule has 0 saturated carbocycles. The van der Waals surface area contributed by atoms with Gasteiger partial charge in [0, 0.05) is 6.42 Å². The number of carboxylic acids is 1. The number of rotatable bonds is 11. The van der Waals surface area contributed by atoms with Crippen molar-refractivity contribution in [2.45, 2.75) is 58.4 Å². The third kappa shape index (κ3) is 8.36. The van der Waals surface area contributed by atoms with Crippen molar-refractivity contribution in [2.75, 3.05) is 13.1 Å². The molecular formula is C16H28N2O3. The number of hydrogen-bond donors (Lipinski definition) is 3. The average molecular weight is 296 g/mol. The average Bonchev–Trinajstić information content (AvgIpc) is 2.47. The molecule has 0 radical (unpaired) electrons. The van der Waals surface area contributed by atoms with E-state index in [1.54, 1.807) is 0 Å². The number of carboxylic acid groups (broad SMARTS) is 1. The van der Waals surface area contributed by atoms with Crippen LogP contribution in [0.2, 0.25) is 0 Å². The molecule has 0 rings (SSSR count). The van der Waals surface area contributed by atoms with Crippen LogP contribution in [0.1, 0.15) is 52.9 Å². The molecule has 0 aliphatic heterocycles. The van der Waals surface area contributed by atoms with Crippen molar-refractivity contribution >= 4 is 11.9 Å². The minimum Gasteiger partial charge on any atom is -0.481 e. The lowest BCUT2D eigenvalue weighted by molar-refractivity contribution is -0.137. The van der Waals surface area contributed by atoms with Gasteiger partial charge in [-0.25, -0.2) is 0 Å². The van der Waals surface area contributed by atoms with Crippen LogP contribution >= 0.6 is 0 Å². The molecular weight excluding hydrogens is 268 g/mol. The molecule has 0 spiro atoms. The first kappa shape index (κ1) is 19.5. The van der Waals surface area contributed by atoms with Gasteiger partial charge in [-0.15, -0.1) is 6.42 Å². The normalized spacial score (nSPS) is 12.5. The summed E-state index contributed by atoms with van der Waals surface area (Å²) in [5.74, 6) is 2.13. The Bertz CT molecular complexity index is 370. The monoisotopic (exact) mass is 296 g/mol. The van der Waals surface area contributed by atoms with E-state index >= 15 is 0 Å². The first-order valence-electron chi connectivity index (χ1n) is 7.60. The number of carbonyl (C=O) groups excluding carboxylic acids is 1. The minimum atomic E-state index is -0.765.